The first-order valence-electron chi connectivity index (χ1n) is 7.57. The van der Waals surface area contributed by atoms with Gasteiger partial charge < -0.3 is 16.0 Å². The van der Waals surface area contributed by atoms with Crippen LogP contribution in [0.25, 0.3) is 0 Å². The molecular formula is C16H25N3O. The standard InChI is InChI=1S/C16H25N3O/c1-3-17-16(20)13-7-8-15(12(2)10-13)19-11-14-6-4-5-9-18-14/h7-8,10,14,18-19H,3-6,9,11H2,1-2H3,(H,17,20). The molecule has 1 heterocycles. The normalized spacial score (nSPS) is 18.6. The van der Waals surface area contributed by atoms with Gasteiger partial charge in [-0.2, -0.15) is 0 Å². The van der Waals surface area contributed by atoms with E-state index in [0.29, 0.717) is 12.6 Å². The lowest BCUT2D eigenvalue weighted by molar-refractivity contribution is 0.0956. The minimum absolute atomic E-state index is 0.00361. The van der Waals surface area contributed by atoms with Crippen molar-refractivity contribution in [2.45, 2.75) is 39.2 Å². The second-order valence-electron chi connectivity index (χ2n) is 5.42. The van der Waals surface area contributed by atoms with Crippen molar-refractivity contribution in [3.05, 3.63) is 29.3 Å². The van der Waals surface area contributed by atoms with Crippen molar-refractivity contribution in [1.29, 1.82) is 0 Å². The monoisotopic (exact) mass is 275 g/mol. The third-order valence-electron chi connectivity index (χ3n) is 3.78. The number of carbonyl (C=O) groups is 1. The maximum atomic E-state index is 11.8. The molecule has 1 saturated heterocycles. The molecule has 1 aliphatic rings. The number of hydrogen-bond donors (Lipinski definition) is 3. The number of carbonyl (C=O) groups excluding carboxylic acids is 1. The lowest BCUT2D eigenvalue weighted by atomic mass is 10.0. The first-order valence-corrected chi connectivity index (χ1v) is 7.57. The van der Waals surface area contributed by atoms with Crippen LogP contribution in [0.1, 0.15) is 42.1 Å². The molecule has 1 aromatic rings. The summed E-state index contributed by atoms with van der Waals surface area (Å²) in [5.74, 6) is -0.00361. The smallest absolute Gasteiger partial charge is 0.251 e. The molecule has 0 aromatic heterocycles. The number of anilines is 1. The lowest BCUT2D eigenvalue weighted by Gasteiger charge is -2.24. The molecule has 2 rings (SSSR count). The Hall–Kier alpha value is -1.55. The highest BCUT2D eigenvalue weighted by atomic mass is 16.1. The summed E-state index contributed by atoms with van der Waals surface area (Å²) in [6.45, 7) is 6.70. The fourth-order valence-electron chi connectivity index (χ4n) is 2.60. The van der Waals surface area contributed by atoms with Gasteiger partial charge in [-0.1, -0.05) is 6.42 Å². The van der Waals surface area contributed by atoms with Crippen molar-refractivity contribution in [2.24, 2.45) is 0 Å². The lowest BCUT2D eigenvalue weighted by Crippen LogP contribution is -2.39. The zero-order chi connectivity index (χ0) is 14.4. The Morgan fingerprint density at radius 3 is 2.90 bits per heavy atom. The van der Waals surface area contributed by atoms with E-state index in [4.69, 9.17) is 0 Å². The van der Waals surface area contributed by atoms with E-state index in [-0.39, 0.29) is 5.91 Å². The zero-order valence-electron chi connectivity index (χ0n) is 12.5. The minimum atomic E-state index is -0.00361. The maximum Gasteiger partial charge on any atom is 0.251 e. The van der Waals surface area contributed by atoms with E-state index in [1.165, 1.54) is 19.3 Å². The van der Waals surface area contributed by atoms with Crippen LogP contribution in [-0.2, 0) is 0 Å². The molecule has 0 bridgehead atoms. The number of rotatable bonds is 5. The molecule has 4 nitrogen and oxygen atoms in total. The van der Waals surface area contributed by atoms with Gasteiger partial charge in [0.15, 0.2) is 0 Å². The fourth-order valence-corrected chi connectivity index (χ4v) is 2.60. The predicted octanol–water partition coefficient (Wildman–Crippen LogP) is 2.30. The molecule has 1 atom stereocenters. The van der Waals surface area contributed by atoms with Gasteiger partial charge in [-0.15, -0.1) is 0 Å². The first kappa shape index (κ1) is 14.9. The molecule has 0 radical (unpaired) electrons. The van der Waals surface area contributed by atoms with Crippen LogP contribution in [0.3, 0.4) is 0 Å². The van der Waals surface area contributed by atoms with Crippen LogP contribution in [0.4, 0.5) is 5.69 Å². The van der Waals surface area contributed by atoms with E-state index in [9.17, 15) is 4.79 Å². The molecule has 110 valence electrons. The van der Waals surface area contributed by atoms with Crippen LogP contribution >= 0.6 is 0 Å². The Bertz CT molecular complexity index is 453. The van der Waals surface area contributed by atoms with E-state index in [1.54, 1.807) is 0 Å². The van der Waals surface area contributed by atoms with E-state index in [0.717, 1.165) is 29.9 Å². The molecule has 1 aliphatic heterocycles. The van der Waals surface area contributed by atoms with Crippen molar-refractivity contribution in [3.8, 4) is 0 Å². The second-order valence-corrected chi connectivity index (χ2v) is 5.42. The van der Waals surface area contributed by atoms with Gasteiger partial charge in [0, 0.05) is 30.4 Å². The number of nitrogens with one attached hydrogen (secondary N) is 3. The Balaban J connectivity index is 1.93. The highest BCUT2D eigenvalue weighted by Gasteiger charge is 2.12. The largest absolute Gasteiger partial charge is 0.383 e. The van der Waals surface area contributed by atoms with E-state index in [1.807, 2.05) is 32.0 Å². The first-order chi connectivity index (χ1) is 9.70. The second kappa shape index (κ2) is 7.29. The number of aryl methyl sites for hydroxylation is 1. The quantitative estimate of drug-likeness (QED) is 0.773. The summed E-state index contributed by atoms with van der Waals surface area (Å²) in [7, 11) is 0. The van der Waals surface area contributed by atoms with Crippen LogP contribution in [0, 0.1) is 6.92 Å². The summed E-state index contributed by atoms with van der Waals surface area (Å²) in [6.07, 6.45) is 3.84. The van der Waals surface area contributed by atoms with Crippen molar-refractivity contribution in [1.82, 2.24) is 10.6 Å². The minimum Gasteiger partial charge on any atom is -0.383 e. The summed E-state index contributed by atoms with van der Waals surface area (Å²) in [5, 5.41) is 9.84. The SMILES string of the molecule is CCNC(=O)c1ccc(NCC2CCCCN2)c(C)c1. The fraction of sp³-hybridized carbons (Fsp3) is 0.562. The van der Waals surface area contributed by atoms with Gasteiger partial charge in [0.05, 0.1) is 0 Å². The Morgan fingerprint density at radius 1 is 1.40 bits per heavy atom. The average molecular weight is 275 g/mol. The van der Waals surface area contributed by atoms with Gasteiger partial charge in [0.1, 0.15) is 0 Å². The summed E-state index contributed by atoms with van der Waals surface area (Å²) in [6, 6.07) is 6.39. The highest BCUT2D eigenvalue weighted by Crippen LogP contribution is 2.17. The number of hydrogen-bond acceptors (Lipinski definition) is 3. The molecule has 1 fully saturated rings. The topological polar surface area (TPSA) is 53.2 Å². The van der Waals surface area contributed by atoms with Crippen molar-refractivity contribution in [3.63, 3.8) is 0 Å². The number of piperidine rings is 1. The van der Waals surface area contributed by atoms with E-state index in [2.05, 4.69) is 16.0 Å². The molecule has 3 N–H and O–H groups in total. The molecular weight excluding hydrogens is 250 g/mol. The van der Waals surface area contributed by atoms with Crippen molar-refractivity contribution < 1.29 is 4.79 Å². The van der Waals surface area contributed by atoms with Gasteiger partial charge >= 0.3 is 0 Å². The molecule has 1 aromatic carbocycles. The number of benzene rings is 1. The molecule has 0 spiro atoms. The Labute approximate surface area is 121 Å². The van der Waals surface area contributed by atoms with Gasteiger partial charge in [-0.25, -0.2) is 0 Å². The molecule has 1 amide bonds. The summed E-state index contributed by atoms with van der Waals surface area (Å²) in [5.41, 5.74) is 2.96. The predicted molar refractivity (Wildman–Crippen MR) is 83.3 cm³/mol. The summed E-state index contributed by atoms with van der Waals surface area (Å²) in [4.78, 5) is 11.8. The van der Waals surface area contributed by atoms with Crippen LogP contribution in [0.2, 0.25) is 0 Å². The molecule has 1 unspecified atom stereocenters. The van der Waals surface area contributed by atoms with Crippen molar-refractivity contribution in [2.75, 3.05) is 25.0 Å². The van der Waals surface area contributed by atoms with Gasteiger partial charge in [0.2, 0.25) is 0 Å². The van der Waals surface area contributed by atoms with Crippen LogP contribution in [0.5, 0.6) is 0 Å². The third kappa shape index (κ3) is 3.97. The van der Waals surface area contributed by atoms with Crippen molar-refractivity contribution >= 4 is 11.6 Å². The number of amides is 1. The third-order valence-corrected chi connectivity index (χ3v) is 3.78. The van der Waals surface area contributed by atoms with E-state index >= 15 is 0 Å². The maximum absolute atomic E-state index is 11.8. The van der Waals surface area contributed by atoms with Crippen LogP contribution < -0.4 is 16.0 Å². The summed E-state index contributed by atoms with van der Waals surface area (Å²) < 4.78 is 0. The molecule has 0 aliphatic carbocycles. The molecule has 20 heavy (non-hydrogen) atoms. The zero-order valence-corrected chi connectivity index (χ0v) is 12.5. The molecule has 0 saturated carbocycles. The van der Waals surface area contributed by atoms with Gasteiger partial charge in [0.25, 0.3) is 5.91 Å². The van der Waals surface area contributed by atoms with E-state index < -0.39 is 0 Å². The molecule has 4 heteroatoms. The van der Waals surface area contributed by atoms with Crippen LogP contribution in [-0.4, -0.2) is 31.6 Å². The van der Waals surface area contributed by atoms with Gasteiger partial charge in [-0.3, -0.25) is 4.79 Å². The highest BCUT2D eigenvalue weighted by molar-refractivity contribution is 5.94. The van der Waals surface area contributed by atoms with Crippen LogP contribution in [0.15, 0.2) is 18.2 Å². The average Bonchev–Trinajstić information content (AvgIpc) is 2.47. The summed E-state index contributed by atoms with van der Waals surface area (Å²) >= 11 is 0. The Kier molecular flexibility index (Phi) is 5.41. The Morgan fingerprint density at radius 2 is 2.25 bits per heavy atom. The van der Waals surface area contributed by atoms with Gasteiger partial charge in [-0.05, 0) is 57.0 Å².